The van der Waals surface area contributed by atoms with Crippen molar-refractivity contribution in [2.24, 2.45) is 0 Å². The van der Waals surface area contributed by atoms with Gasteiger partial charge in [-0.15, -0.1) is 11.8 Å². The fourth-order valence-electron chi connectivity index (χ4n) is 1.41. The molecule has 0 saturated carbocycles. The van der Waals surface area contributed by atoms with Gasteiger partial charge in [-0.2, -0.15) is 11.8 Å². The molecule has 110 valence electrons. The zero-order valence-corrected chi connectivity index (χ0v) is 13.4. The predicted molar refractivity (Wildman–Crippen MR) is 84.7 cm³/mol. The van der Waals surface area contributed by atoms with Crippen LogP contribution in [0.2, 0.25) is 5.02 Å². The van der Waals surface area contributed by atoms with Crippen LogP contribution in [0.25, 0.3) is 0 Å². The second-order valence-corrected chi connectivity index (χ2v) is 6.45. The molecule has 0 aromatic heterocycles. The van der Waals surface area contributed by atoms with E-state index >= 15 is 0 Å². The number of carboxylic acid groups (broad SMARTS) is 1. The van der Waals surface area contributed by atoms with Crippen LogP contribution in [0, 0.1) is 0 Å². The Morgan fingerprint density at radius 3 is 2.55 bits per heavy atom. The second-order valence-electron chi connectivity index (χ2n) is 3.98. The van der Waals surface area contributed by atoms with Gasteiger partial charge in [0.1, 0.15) is 6.04 Å². The minimum Gasteiger partial charge on any atom is -0.480 e. The van der Waals surface area contributed by atoms with Gasteiger partial charge >= 0.3 is 5.97 Å². The number of halogens is 1. The number of hydrogen-bond donors (Lipinski definition) is 2. The van der Waals surface area contributed by atoms with Crippen LogP contribution in [-0.4, -0.2) is 40.8 Å². The molecule has 0 unspecified atom stereocenters. The number of thioether (sulfide) groups is 2. The second kappa shape index (κ2) is 9.15. The summed E-state index contributed by atoms with van der Waals surface area (Å²) in [6.07, 6.45) is 2.32. The summed E-state index contributed by atoms with van der Waals surface area (Å²) in [7, 11) is 0. The third-order valence-electron chi connectivity index (χ3n) is 2.43. The molecule has 0 heterocycles. The third kappa shape index (κ3) is 6.54. The third-order valence-corrected chi connectivity index (χ3v) is 4.34. The maximum absolute atomic E-state index is 11.7. The van der Waals surface area contributed by atoms with E-state index in [0.29, 0.717) is 17.2 Å². The summed E-state index contributed by atoms with van der Waals surface area (Å²) in [5, 5.41) is 12.2. The molecule has 0 fully saturated rings. The monoisotopic (exact) mass is 333 g/mol. The van der Waals surface area contributed by atoms with E-state index in [4.69, 9.17) is 16.7 Å². The number of rotatable bonds is 8. The molecule has 1 amide bonds. The van der Waals surface area contributed by atoms with Gasteiger partial charge in [-0.3, -0.25) is 4.79 Å². The first kappa shape index (κ1) is 17.2. The van der Waals surface area contributed by atoms with Gasteiger partial charge in [0, 0.05) is 9.92 Å². The van der Waals surface area contributed by atoms with Gasteiger partial charge in [0.05, 0.1) is 5.75 Å². The average Bonchev–Trinajstić information content (AvgIpc) is 2.42. The lowest BCUT2D eigenvalue weighted by Gasteiger charge is -2.13. The van der Waals surface area contributed by atoms with E-state index in [1.54, 1.807) is 23.9 Å². The van der Waals surface area contributed by atoms with Crippen molar-refractivity contribution in [3.8, 4) is 0 Å². The van der Waals surface area contributed by atoms with Crippen LogP contribution in [0.4, 0.5) is 0 Å². The van der Waals surface area contributed by atoms with Crippen molar-refractivity contribution in [1.82, 2.24) is 5.32 Å². The molecule has 1 aromatic carbocycles. The molecule has 1 aromatic rings. The van der Waals surface area contributed by atoms with Gasteiger partial charge in [-0.25, -0.2) is 4.79 Å². The summed E-state index contributed by atoms with van der Waals surface area (Å²) >= 11 is 8.67. The zero-order valence-electron chi connectivity index (χ0n) is 11.0. The fraction of sp³-hybridized carbons (Fsp3) is 0.385. The van der Waals surface area contributed by atoms with Crippen molar-refractivity contribution in [3.05, 3.63) is 29.3 Å². The zero-order chi connectivity index (χ0) is 15.0. The molecule has 0 radical (unpaired) electrons. The summed E-state index contributed by atoms with van der Waals surface area (Å²) < 4.78 is 0. The Labute approximate surface area is 131 Å². The SMILES string of the molecule is CSCC[C@H](NC(=O)CSc1ccc(Cl)cc1)C(=O)O. The van der Waals surface area contributed by atoms with E-state index in [-0.39, 0.29) is 11.7 Å². The van der Waals surface area contributed by atoms with Crippen LogP contribution in [-0.2, 0) is 9.59 Å². The Morgan fingerprint density at radius 1 is 1.35 bits per heavy atom. The molecule has 0 spiro atoms. The van der Waals surface area contributed by atoms with E-state index in [0.717, 1.165) is 4.90 Å². The number of amides is 1. The molecule has 20 heavy (non-hydrogen) atoms. The van der Waals surface area contributed by atoms with Gasteiger partial charge in [-0.05, 0) is 42.7 Å². The highest BCUT2D eigenvalue weighted by molar-refractivity contribution is 8.00. The Balaban J connectivity index is 2.41. The van der Waals surface area contributed by atoms with Crippen LogP contribution >= 0.6 is 35.1 Å². The summed E-state index contributed by atoms with van der Waals surface area (Å²) in [4.78, 5) is 23.7. The van der Waals surface area contributed by atoms with Crippen molar-refractivity contribution >= 4 is 47.0 Å². The fourth-order valence-corrected chi connectivity index (χ4v) is 2.72. The summed E-state index contributed by atoms with van der Waals surface area (Å²) in [6.45, 7) is 0. The van der Waals surface area contributed by atoms with Gasteiger partial charge < -0.3 is 10.4 Å². The number of carbonyl (C=O) groups excluding carboxylic acids is 1. The number of nitrogens with one attached hydrogen (secondary N) is 1. The van der Waals surface area contributed by atoms with Crippen LogP contribution in [0.15, 0.2) is 29.2 Å². The molecule has 1 atom stereocenters. The molecule has 7 heteroatoms. The van der Waals surface area contributed by atoms with E-state index in [2.05, 4.69) is 5.32 Å². The maximum atomic E-state index is 11.7. The van der Waals surface area contributed by atoms with Crippen LogP contribution in [0.1, 0.15) is 6.42 Å². The standard InChI is InChI=1S/C13H16ClNO3S2/c1-19-7-6-11(13(17)18)15-12(16)8-20-10-4-2-9(14)3-5-10/h2-5,11H,6-8H2,1H3,(H,15,16)(H,17,18)/t11-/m0/s1. The number of carbonyl (C=O) groups is 2. The van der Waals surface area contributed by atoms with E-state index < -0.39 is 12.0 Å². The average molecular weight is 334 g/mol. The molecule has 0 aliphatic heterocycles. The van der Waals surface area contributed by atoms with Crippen molar-refractivity contribution in [1.29, 1.82) is 0 Å². The van der Waals surface area contributed by atoms with Gasteiger partial charge in [0.25, 0.3) is 0 Å². The molecule has 0 aliphatic carbocycles. The number of hydrogen-bond acceptors (Lipinski definition) is 4. The Hall–Kier alpha value is -0.850. The topological polar surface area (TPSA) is 66.4 Å². The van der Waals surface area contributed by atoms with E-state index in [1.165, 1.54) is 11.8 Å². The highest BCUT2D eigenvalue weighted by Crippen LogP contribution is 2.20. The molecular weight excluding hydrogens is 318 g/mol. The molecular formula is C13H16ClNO3S2. The molecule has 0 saturated heterocycles. The lowest BCUT2D eigenvalue weighted by atomic mass is 10.2. The highest BCUT2D eigenvalue weighted by atomic mass is 35.5. The van der Waals surface area contributed by atoms with Crippen molar-refractivity contribution < 1.29 is 14.7 Å². The minimum absolute atomic E-state index is 0.185. The number of aliphatic carboxylic acids is 1. The largest absolute Gasteiger partial charge is 0.480 e. The normalized spacial score (nSPS) is 11.9. The number of benzene rings is 1. The lowest BCUT2D eigenvalue weighted by Crippen LogP contribution is -2.42. The first-order chi connectivity index (χ1) is 9.52. The van der Waals surface area contributed by atoms with E-state index in [9.17, 15) is 9.59 Å². The quantitative estimate of drug-likeness (QED) is 0.716. The van der Waals surface area contributed by atoms with Gasteiger partial charge in [0.15, 0.2) is 0 Å². The van der Waals surface area contributed by atoms with Gasteiger partial charge in [-0.1, -0.05) is 11.6 Å². The van der Waals surface area contributed by atoms with Crippen molar-refractivity contribution in [3.63, 3.8) is 0 Å². The predicted octanol–water partition coefficient (Wildman–Crippen LogP) is 2.75. The first-order valence-electron chi connectivity index (χ1n) is 5.92. The summed E-state index contributed by atoms with van der Waals surface area (Å²) in [6, 6.07) is 6.33. The number of carboxylic acids is 1. The molecule has 4 nitrogen and oxygen atoms in total. The Kier molecular flexibility index (Phi) is 7.87. The van der Waals surface area contributed by atoms with Crippen LogP contribution in [0.5, 0.6) is 0 Å². The van der Waals surface area contributed by atoms with Crippen molar-refractivity contribution in [2.45, 2.75) is 17.4 Å². The smallest absolute Gasteiger partial charge is 0.326 e. The lowest BCUT2D eigenvalue weighted by molar-refractivity contribution is -0.141. The van der Waals surface area contributed by atoms with E-state index in [1.807, 2.05) is 18.4 Å². The molecule has 0 bridgehead atoms. The molecule has 0 aliphatic rings. The van der Waals surface area contributed by atoms with Crippen molar-refractivity contribution in [2.75, 3.05) is 17.8 Å². The van der Waals surface area contributed by atoms with Gasteiger partial charge in [0.2, 0.25) is 5.91 Å². The molecule has 1 rings (SSSR count). The maximum Gasteiger partial charge on any atom is 0.326 e. The van der Waals surface area contributed by atoms with Crippen LogP contribution in [0.3, 0.4) is 0 Å². The molecule has 2 N–H and O–H groups in total. The Morgan fingerprint density at radius 2 is 2.00 bits per heavy atom. The highest BCUT2D eigenvalue weighted by Gasteiger charge is 2.19. The minimum atomic E-state index is -0.996. The first-order valence-corrected chi connectivity index (χ1v) is 8.68. The Bertz CT molecular complexity index is 453. The summed E-state index contributed by atoms with van der Waals surface area (Å²) in [5.41, 5.74) is 0. The summed E-state index contributed by atoms with van der Waals surface area (Å²) in [5.74, 6) is -0.394. The van der Waals surface area contributed by atoms with Crippen LogP contribution < -0.4 is 5.32 Å².